The number of nitriles is 1. The van der Waals surface area contributed by atoms with Gasteiger partial charge in [0.2, 0.25) is 0 Å². The van der Waals surface area contributed by atoms with Gasteiger partial charge >= 0.3 is 0 Å². The molecule has 2 heterocycles. The summed E-state index contributed by atoms with van der Waals surface area (Å²) in [5.74, 6) is 0. The lowest BCUT2D eigenvalue weighted by Crippen LogP contribution is -1.88. The summed E-state index contributed by atoms with van der Waals surface area (Å²) in [7, 11) is 0. The molecule has 0 N–H and O–H groups in total. The Bertz CT molecular complexity index is 705. The molecule has 0 fully saturated rings. The van der Waals surface area contributed by atoms with E-state index in [1.54, 1.807) is 10.7 Å². The molecule has 3 heteroatoms. The SMILES string of the molecule is N#Cc1cnn2cc(-c3ccccc3)ccc12. The second kappa shape index (κ2) is 3.76. The van der Waals surface area contributed by atoms with Crippen molar-refractivity contribution >= 4 is 5.52 Å². The summed E-state index contributed by atoms with van der Waals surface area (Å²) in [6, 6.07) is 16.2. The van der Waals surface area contributed by atoms with Gasteiger partial charge in [-0.1, -0.05) is 36.4 Å². The van der Waals surface area contributed by atoms with Crippen LogP contribution in [0.5, 0.6) is 0 Å². The Morgan fingerprint density at radius 3 is 2.59 bits per heavy atom. The molecule has 0 unspecified atom stereocenters. The number of hydrogen-bond acceptors (Lipinski definition) is 2. The molecule has 80 valence electrons. The van der Waals surface area contributed by atoms with Crippen LogP contribution in [0.3, 0.4) is 0 Å². The van der Waals surface area contributed by atoms with E-state index in [2.05, 4.69) is 23.3 Å². The fourth-order valence-corrected chi connectivity index (χ4v) is 1.87. The van der Waals surface area contributed by atoms with Crippen LogP contribution in [0.2, 0.25) is 0 Å². The zero-order valence-corrected chi connectivity index (χ0v) is 9.04. The molecule has 0 aliphatic rings. The predicted molar refractivity (Wildman–Crippen MR) is 65.3 cm³/mol. The van der Waals surface area contributed by atoms with Crippen LogP contribution < -0.4 is 0 Å². The van der Waals surface area contributed by atoms with Crippen molar-refractivity contribution in [1.29, 1.82) is 5.26 Å². The van der Waals surface area contributed by atoms with Crippen LogP contribution in [0.15, 0.2) is 54.9 Å². The van der Waals surface area contributed by atoms with Gasteiger partial charge in [-0.3, -0.25) is 0 Å². The van der Waals surface area contributed by atoms with E-state index in [4.69, 9.17) is 5.26 Å². The smallest absolute Gasteiger partial charge is 0.103 e. The van der Waals surface area contributed by atoms with Crippen LogP contribution in [0.4, 0.5) is 0 Å². The average Bonchev–Trinajstić information content (AvgIpc) is 2.81. The molecule has 0 radical (unpaired) electrons. The van der Waals surface area contributed by atoms with Crippen LogP contribution in [-0.2, 0) is 0 Å². The number of pyridine rings is 1. The maximum Gasteiger partial charge on any atom is 0.103 e. The lowest BCUT2D eigenvalue weighted by Gasteiger charge is -2.02. The van der Waals surface area contributed by atoms with Gasteiger partial charge in [-0.2, -0.15) is 10.4 Å². The summed E-state index contributed by atoms with van der Waals surface area (Å²) in [5.41, 5.74) is 3.67. The topological polar surface area (TPSA) is 41.1 Å². The largest absolute Gasteiger partial charge is 0.239 e. The Morgan fingerprint density at radius 1 is 1.00 bits per heavy atom. The van der Waals surface area contributed by atoms with Crippen LogP contribution in [0.1, 0.15) is 5.56 Å². The fraction of sp³-hybridized carbons (Fsp3) is 0. The van der Waals surface area contributed by atoms with Gasteiger partial charge < -0.3 is 0 Å². The van der Waals surface area contributed by atoms with Crippen LogP contribution in [0, 0.1) is 11.3 Å². The van der Waals surface area contributed by atoms with Crippen molar-refractivity contribution < 1.29 is 0 Å². The quantitative estimate of drug-likeness (QED) is 0.631. The van der Waals surface area contributed by atoms with E-state index >= 15 is 0 Å². The molecule has 17 heavy (non-hydrogen) atoms. The summed E-state index contributed by atoms with van der Waals surface area (Å²) >= 11 is 0. The second-order valence-corrected chi connectivity index (χ2v) is 3.78. The average molecular weight is 219 g/mol. The molecule has 1 aromatic carbocycles. The molecule has 2 aromatic heterocycles. The van der Waals surface area contributed by atoms with Gasteiger partial charge in [-0.05, 0) is 11.6 Å². The molecular weight excluding hydrogens is 210 g/mol. The highest BCUT2D eigenvalue weighted by molar-refractivity contribution is 5.68. The lowest BCUT2D eigenvalue weighted by atomic mass is 10.1. The van der Waals surface area contributed by atoms with Gasteiger partial charge in [0, 0.05) is 11.8 Å². The van der Waals surface area contributed by atoms with Crippen LogP contribution >= 0.6 is 0 Å². The maximum absolute atomic E-state index is 8.91. The van der Waals surface area contributed by atoms with E-state index in [0.717, 1.165) is 16.6 Å². The van der Waals surface area contributed by atoms with Gasteiger partial charge in [0.05, 0.1) is 17.3 Å². The molecule has 0 saturated carbocycles. The van der Waals surface area contributed by atoms with Gasteiger partial charge in [-0.15, -0.1) is 0 Å². The Morgan fingerprint density at radius 2 is 1.82 bits per heavy atom. The molecule has 0 bridgehead atoms. The van der Waals surface area contributed by atoms with E-state index in [-0.39, 0.29) is 0 Å². The third kappa shape index (κ3) is 1.56. The number of rotatable bonds is 1. The van der Waals surface area contributed by atoms with Crippen molar-refractivity contribution in [2.45, 2.75) is 0 Å². The molecule has 0 atom stereocenters. The number of benzene rings is 1. The van der Waals surface area contributed by atoms with Gasteiger partial charge in [-0.25, -0.2) is 4.52 Å². The molecule has 0 aliphatic carbocycles. The van der Waals surface area contributed by atoms with Crippen molar-refractivity contribution in [2.75, 3.05) is 0 Å². The Hall–Kier alpha value is -2.60. The molecule has 3 nitrogen and oxygen atoms in total. The van der Waals surface area contributed by atoms with Crippen LogP contribution in [-0.4, -0.2) is 9.61 Å². The third-order valence-corrected chi connectivity index (χ3v) is 2.74. The van der Waals surface area contributed by atoms with Crippen molar-refractivity contribution in [3.63, 3.8) is 0 Å². The van der Waals surface area contributed by atoms with E-state index in [0.29, 0.717) is 5.56 Å². The normalized spacial score (nSPS) is 10.3. The first kappa shape index (κ1) is 9.61. The number of fused-ring (bicyclic) bond motifs is 1. The molecule has 0 saturated heterocycles. The zero-order chi connectivity index (χ0) is 11.7. The first-order valence-corrected chi connectivity index (χ1v) is 5.31. The highest BCUT2D eigenvalue weighted by Crippen LogP contribution is 2.20. The number of hydrogen-bond donors (Lipinski definition) is 0. The number of nitrogens with zero attached hydrogens (tertiary/aromatic N) is 3. The third-order valence-electron chi connectivity index (χ3n) is 2.74. The first-order chi connectivity index (χ1) is 8.38. The summed E-state index contributed by atoms with van der Waals surface area (Å²) in [4.78, 5) is 0. The molecule has 0 aliphatic heterocycles. The summed E-state index contributed by atoms with van der Waals surface area (Å²) in [6.07, 6.45) is 3.52. The summed E-state index contributed by atoms with van der Waals surface area (Å²) < 4.78 is 1.74. The fourth-order valence-electron chi connectivity index (χ4n) is 1.87. The van der Waals surface area contributed by atoms with E-state index in [1.807, 2.05) is 36.5 Å². The summed E-state index contributed by atoms with van der Waals surface area (Å²) in [6.45, 7) is 0. The monoisotopic (exact) mass is 219 g/mol. The maximum atomic E-state index is 8.91. The molecule has 3 rings (SSSR count). The van der Waals surface area contributed by atoms with Gasteiger partial charge in [0.15, 0.2) is 0 Å². The van der Waals surface area contributed by atoms with Crippen LogP contribution in [0.25, 0.3) is 16.6 Å². The molecule has 0 amide bonds. The van der Waals surface area contributed by atoms with E-state index < -0.39 is 0 Å². The molecule has 0 spiro atoms. The Balaban J connectivity index is 2.19. The minimum absolute atomic E-state index is 0.601. The standard InChI is InChI=1S/C14H9N3/c15-8-13-9-16-17-10-12(6-7-14(13)17)11-4-2-1-3-5-11/h1-7,9-10H. The highest BCUT2D eigenvalue weighted by Gasteiger charge is 2.04. The van der Waals surface area contributed by atoms with Crippen molar-refractivity contribution in [3.05, 3.63) is 60.4 Å². The van der Waals surface area contributed by atoms with E-state index in [9.17, 15) is 0 Å². The Labute approximate surface area is 98.6 Å². The van der Waals surface area contributed by atoms with Crippen molar-refractivity contribution in [2.24, 2.45) is 0 Å². The minimum atomic E-state index is 0.601. The second-order valence-electron chi connectivity index (χ2n) is 3.78. The first-order valence-electron chi connectivity index (χ1n) is 5.31. The molecule has 3 aromatic rings. The van der Waals surface area contributed by atoms with Gasteiger partial charge in [0.25, 0.3) is 0 Å². The number of aromatic nitrogens is 2. The highest BCUT2D eigenvalue weighted by atomic mass is 15.2. The van der Waals surface area contributed by atoms with Gasteiger partial charge in [0.1, 0.15) is 6.07 Å². The molecular formula is C14H9N3. The van der Waals surface area contributed by atoms with E-state index in [1.165, 1.54) is 0 Å². The zero-order valence-electron chi connectivity index (χ0n) is 9.04. The summed E-state index contributed by atoms with van der Waals surface area (Å²) in [5, 5.41) is 13.1. The Kier molecular flexibility index (Phi) is 2.13. The lowest BCUT2D eigenvalue weighted by molar-refractivity contribution is 0.963. The minimum Gasteiger partial charge on any atom is -0.239 e. The van der Waals surface area contributed by atoms with Crippen molar-refractivity contribution in [1.82, 2.24) is 9.61 Å². The van der Waals surface area contributed by atoms with Crippen molar-refractivity contribution in [3.8, 4) is 17.2 Å². The predicted octanol–water partition coefficient (Wildman–Crippen LogP) is 2.87.